The summed E-state index contributed by atoms with van der Waals surface area (Å²) >= 11 is 9.23. The molecule has 0 aliphatic heterocycles. The molecular weight excluding hydrogens is 318 g/mol. The number of rotatable bonds is 3. The molecule has 0 bridgehead atoms. The van der Waals surface area contributed by atoms with Crippen LogP contribution in [0.3, 0.4) is 0 Å². The van der Waals surface area contributed by atoms with Gasteiger partial charge in [0.15, 0.2) is 5.82 Å². The van der Waals surface area contributed by atoms with Crippen LogP contribution in [0.1, 0.15) is 0 Å². The monoisotopic (exact) mass is 327 g/mol. The predicted molar refractivity (Wildman–Crippen MR) is 75.8 cm³/mol. The SMILES string of the molecule is COc1ccccc1N(C)c1nc(Cl)ncc1Br. The summed E-state index contributed by atoms with van der Waals surface area (Å²) in [7, 11) is 3.52. The molecule has 0 N–H and O–H groups in total. The lowest BCUT2D eigenvalue weighted by Crippen LogP contribution is -2.13. The van der Waals surface area contributed by atoms with E-state index in [4.69, 9.17) is 16.3 Å². The van der Waals surface area contributed by atoms with Crippen LogP contribution in [-0.2, 0) is 0 Å². The molecule has 0 spiro atoms. The van der Waals surface area contributed by atoms with Gasteiger partial charge in [-0.1, -0.05) is 12.1 Å². The quantitative estimate of drug-likeness (QED) is 0.806. The summed E-state index contributed by atoms with van der Waals surface area (Å²) in [5.74, 6) is 1.45. The van der Waals surface area contributed by atoms with Gasteiger partial charge in [-0.25, -0.2) is 4.98 Å². The number of halogens is 2. The Morgan fingerprint density at radius 3 is 2.78 bits per heavy atom. The second-order valence-electron chi connectivity index (χ2n) is 3.54. The van der Waals surface area contributed by atoms with E-state index in [2.05, 4.69) is 25.9 Å². The molecule has 0 saturated heterocycles. The van der Waals surface area contributed by atoms with Gasteiger partial charge in [0, 0.05) is 13.2 Å². The van der Waals surface area contributed by atoms with E-state index in [1.54, 1.807) is 13.3 Å². The first-order chi connectivity index (χ1) is 8.63. The van der Waals surface area contributed by atoms with Crippen LogP contribution in [0.15, 0.2) is 34.9 Å². The molecule has 0 fully saturated rings. The molecule has 0 aliphatic rings. The molecule has 2 aromatic rings. The zero-order chi connectivity index (χ0) is 13.1. The molecule has 1 aromatic heterocycles. The maximum Gasteiger partial charge on any atom is 0.224 e. The minimum absolute atomic E-state index is 0.204. The molecule has 1 heterocycles. The van der Waals surface area contributed by atoms with E-state index in [9.17, 15) is 0 Å². The molecular formula is C12H11BrClN3O. The van der Waals surface area contributed by atoms with Crippen molar-refractivity contribution in [2.24, 2.45) is 0 Å². The molecule has 4 nitrogen and oxygen atoms in total. The topological polar surface area (TPSA) is 38.2 Å². The highest BCUT2D eigenvalue weighted by Crippen LogP contribution is 2.34. The van der Waals surface area contributed by atoms with Gasteiger partial charge < -0.3 is 9.64 Å². The van der Waals surface area contributed by atoms with Gasteiger partial charge in [-0.3, -0.25) is 0 Å². The number of para-hydroxylation sites is 2. The van der Waals surface area contributed by atoms with Gasteiger partial charge in [0.25, 0.3) is 0 Å². The number of anilines is 2. The Morgan fingerprint density at radius 1 is 1.33 bits per heavy atom. The lowest BCUT2D eigenvalue weighted by Gasteiger charge is -2.21. The Bertz CT molecular complexity index is 565. The fourth-order valence-electron chi connectivity index (χ4n) is 1.59. The number of hydrogen-bond donors (Lipinski definition) is 0. The van der Waals surface area contributed by atoms with Crippen LogP contribution in [0, 0.1) is 0 Å². The highest BCUT2D eigenvalue weighted by molar-refractivity contribution is 9.10. The minimum Gasteiger partial charge on any atom is -0.495 e. The van der Waals surface area contributed by atoms with Crippen LogP contribution < -0.4 is 9.64 Å². The highest BCUT2D eigenvalue weighted by Gasteiger charge is 2.14. The lowest BCUT2D eigenvalue weighted by atomic mass is 10.2. The molecule has 0 atom stereocenters. The number of nitrogens with zero attached hydrogens (tertiary/aromatic N) is 3. The molecule has 94 valence electrons. The molecule has 0 amide bonds. The third kappa shape index (κ3) is 2.57. The molecule has 6 heteroatoms. The molecule has 0 radical (unpaired) electrons. The lowest BCUT2D eigenvalue weighted by molar-refractivity contribution is 0.415. The first-order valence-corrected chi connectivity index (χ1v) is 6.35. The first kappa shape index (κ1) is 13.1. The Morgan fingerprint density at radius 2 is 2.06 bits per heavy atom. The van der Waals surface area contributed by atoms with E-state index in [1.807, 2.05) is 36.2 Å². The van der Waals surface area contributed by atoms with Crippen LogP contribution in [0.5, 0.6) is 5.75 Å². The van der Waals surface area contributed by atoms with Crippen molar-refractivity contribution < 1.29 is 4.74 Å². The van der Waals surface area contributed by atoms with E-state index < -0.39 is 0 Å². The molecule has 0 saturated carbocycles. The molecule has 0 aliphatic carbocycles. The van der Waals surface area contributed by atoms with E-state index in [1.165, 1.54) is 0 Å². The standard InChI is InChI=1S/C12H11BrClN3O/c1-17(9-5-3-4-6-10(9)18-2)11-8(13)7-15-12(14)16-11/h3-7H,1-2H3. The smallest absolute Gasteiger partial charge is 0.224 e. The second kappa shape index (κ2) is 5.54. The van der Waals surface area contributed by atoms with Gasteiger partial charge in [-0.05, 0) is 39.7 Å². The molecule has 1 aromatic carbocycles. The van der Waals surface area contributed by atoms with Crippen LogP contribution in [0.25, 0.3) is 0 Å². The second-order valence-corrected chi connectivity index (χ2v) is 4.73. The Labute approximate surface area is 119 Å². The van der Waals surface area contributed by atoms with Gasteiger partial charge in [-0.15, -0.1) is 0 Å². The Hall–Kier alpha value is -1.33. The number of hydrogen-bond acceptors (Lipinski definition) is 4. The average Bonchev–Trinajstić information content (AvgIpc) is 2.40. The maximum absolute atomic E-state index is 5.82. The summed E-state index contributed by atoms with van der Waals surface area (Å²) in [6.07, 6.45) is 1.62. The highest BCUT2D eigenvalue weighted by atomic mass is 79.9. The minimum atomic E-state index is 0.204. The summed E-state index contributed by atoms with van der Waals surface area (Å²) in [4.78, 5) is 10.00. The van der Waals surface area contributed by atoms with Crippen LogP contribution in [0.4, 0.5) is 11.5 Å². The van der Waals surface area contributed by atoms with E-state index in [0.29, 0.717) is 5.82 Å². The van der Waals surface area contributed by atoms with Crippen molar-refractivity contribution in [3.05, 3.63) is 40.2 Å². The Kier molecular flexibility index (Phi) is 4.04. The third-order valence-corrected chi connectivity index (χ3v) is 3.20. The number of ether oxygens (including phenoxy) is 1. The number of benzene rings is 1. The normalized spacial score (nSPS) is 10.2. The van der Waals surface area contributed by atoms with Crippen LogP contribution >= 0.6 is 27.5 Å². The van der Waals surface area contributed by atoms with Gasteiger partial charge in [0.1, 0.15) is 5.75 Å². The number of methoxy groups -OCH3 is 1. The fraction of sp³-hybridized carbons (Fsp3) is 0.167. The average molecular weight is 329 g/mol. The summed E-state index contributed by atoms with van der Waals surface area (Å²) in [6.45, 7) is 0. The summed E-state index contributed by atoms with van der Waals surface area (Å²) in [5.41, 5.74) is 0.899. The van der Waals surface area contributed by atoms with Crippen LogP contribution in [0.2, 0.25) is 5.28 Å². The van der Waals surface area contributed by atoms with E-state index in [0.717, 1.165) is 15.9 Å². The van der Waals surface area contributed by atoms with Gasteiger partial charge in [-0.2, -0.15) is 4.98 Å². The molecule has 2 rings (SSSR count). The van der Waals surface area contributed by atoms with Crippen molar-refractivity contribution in [3.8, 4) is 5.75 Å². The van der Waals surface area contributed by atoms with Gasteiger partial charge in [0.05, 0.1) is 17.3 Å². The van der Waals surface area contributed by atoms with E-state index in [-0.39, 0.29) is 5.28 Å². The van der Waals surface area contributed by atoms with Gasteiger partial charge in [0.2, 0.25) is 5.28 Å². The van der Waals surface area contributed by atoms with Crippen molar-refractivity contribution in [1.29, 1.82) is 0 Å². The summed E-state index contributed by atoms with van der Waals surface area (Å²) < 4.78 is 6.09. The van der Waals surface area contributed by atoms with E-state index >= 15 is 0 Å². The summed E-state index contributed by atoms with van der Waals surface area (Å²) in [6, 6.07) is 7.69. The largest absolute Gasteiger partial charge is 0.495 e. The molecule has 18 heavy (non-hydrogen) atoms. The Balaban J connectivity index is 2.47. The van der Waals surface area contributed by atoms with Crippen molar-refractivity contribution in [1.82, 2.24) is 9.97 Å². The summed E-state index contributed by atoms with van der Waals surface area (Å²) in [5, 5.41) is 0.204. The first-order valence-electron chi connectivity index (χ1n) is 5.18. The van der Waals surface area contributed by atoms with Gasteiger partial charge >= 0.3 is 0 Å². The predicted octanol–water partition coefficient (Wildman–Crippen LogP) is 3.67. The zero-order valence-electron chi connectivity index (χ0n) is 9.89. The zero-order valence-corrected chi connectivity index (χ0v) is 12.2. The van der Waals surface area contributed by atoms with Crippen molar-refractivity contribution in [2.45, 2.75) is 0 Å². The fourth-order valence-corrected chi connectivity index (χ4v) is 2.18. The van der Waals surface area contributed by atoms with Crippen LogP contribution in [-0.4, -0.2) is 24.1 Å². The van der Waals surface area contributed by atoms with Crippen molar-refractivity contribution in [3.63, 3.8) is 0 Å². The third-order valence-electron chi connectivity index (χ3n) is 2.46. The number of aromatic nitrogens is 2. The van der Waals surface area contributed by atoms with Crippen molar-refractivity contribution in [2.75, 3.05) is 19.1 Å². The maximum atomic E-state index is 5.82. The van der Waals surface area contributed by atoms with Crippen molar-refractivity contribution >= 4 is 39.0 Å². The molecule has 0 unspecified atom stereocenters.